The summed E-state index contributed by atoms with van der Waals surface area (Å²) in [6.45, 7) is 2.47. The van der Waals surface area contributed by atoms with Crippen molar-refractivity contribution in [1.29, 1.82) is 0 Å². The van der Waals surface area contributed by atoms with Gasteiger partial charge in [-0.05, 0) is 19.4 Å². The van der Waals surface area contributed by atoms with E-state index in [9.17, 15) is 9.18 Å². The van der Waals surface area contributed by atoms with Crippen LogP contribution < -0.4 is 10.6 Å². The number of phenolic OH excluding ortho intramolecular Hbond substituents is 1. The topological polar surface area (TPSA) is 61.4 Å². The molecule has 3 N–H and O–H groups in total. The molecular weight excluding hydrogens is 235 g/mol. The lowest BCUT2D eigenvalue weighted by atomic mass is 10.1. The molecule has 2 atom stereocenters. The Kier molecular flexibility index (Phi) is 3.81. The third-order valence-electron chi connectivity index (χ3n) is 3.21. The van der Waals surface area contributed by atoms with Gasteiger partial charge in [-0.25, -0.2) is 4.39 Å². The molecule has 4 nitrogen and oxygen atoms in total. The molecule has 0 aromatic heterocycles. The van der Waals surface area contributed by atoms with Crippen LogP contribution in [0.25, 0.3) is 0 Å². The van der Waals surface area contributed by atoms with Gasteiger partial charge in [0.15, 0.2) is 0 Å². The van der Waals surface area contributed by atoms with Crippen molar-refractivity contribution in [3.05, 3.63) is 29.6 Å². The first-order valence-electron chi connectivity index (χ1n) is 6.07. The van der Waals surface area contributed by atoms with E-state index in [0.717, 1.165) is 12.5 Å². The fourth-order valence-electron chi connectivity index (χ4n) is 2.13. The molecule has 1 aliphatic rings. The van der Waals surface area contributed by atoms with Gasteiger partial charge in [0.25, 0.3) is 0 Å². The zero-order valence-corrected chi connectivity index (χ0v) is 10.2. The van der Waals surface area contributed by atoms with Crippen molar-refractivity contribution in [2.24, 2.45) is 0 Å². The minimum Gasteiger partial charge on any atom is -0.508 e. The second-order valence-corrected chi connectivity index (χ2v) is 4.64. The Morgan fingerprint density at radius 3 is 3.00 bits per heavy atom. The quantitative estimate of drug-likeness (QED) is 0.760. The number of nitrogens with one attached hydrogen (secondary N) is 2. The van der Waals surface area contributed by atoms with E-state index in [4.69, 9.17) is 5.11 Å². The summed E-state index contributed by atoms with van der Waals surface area (Å²) in [7, 11) is 0. The van der Waals surface area contributed by atoms with E-state index in [1.54, 1.807) is 6.07 Å². The van der Waals surface area contributed by atoms with Crippen LogP contribution in [0, 0.1) is 5.82 Å². The third-order valence-corrected chi connectivity index (χ3v) is 3.21. The van der Waals surface area contributed by atoms with E-state index >= 15 is 0 Å². The van der Waals surface area contributed by atoms with E-state index in [1.807, 2.05) is 6.92 Å². The summed E-state index contributed by atoms with van der Waals surface area (Å²) >= 11 is 0. The van der Waals surface area contributed by atoms with Gasteiger partial charge in [-0.2, -0.15) is 0 Å². The van der Waals surface area contributed by atoms with Gasteiger partial charge in [-0.15, -0.1) is 0 Å². The first kappa shape index (κ1) is 12.8. The molecule has 2 unspecified atom stereocenters. The molecule has 0 bridgehead atoms. The standard InChI is InChI=1S/C13H17FN2O2/c1-8(11-4-3-10(17)6-12(11)14)15-7-9-2-5-13(18)16-9/h3-4,6,8-9,15,17H,2,5,7H2,1H3,(H,16,18). The van der Waals surface area contributed by atoms with Crippen LogP contribution in [0.15, 0.2) is 18.2 Å². The van der Waals surface area contributed by atoms with Crippen LogP contribution in [-0.4, -0.2) is 23.6 Å². The zero-order valence-electron chi connectivity index (χ0n) is 10.2. The lowest BCUT2D eigenvalue weighted by Gasteiger charge is -2.18. The van der Waals surface area contributed by atoms with Crippen molar-refractivity contribution < 1.29 is 14.3 Å². The number of hydrogen-bond donors (Lipinski definition) is 3. The molecule has 1 aromatic carbocycles. The van der Waals surface area contributed by atoms with Crippen molar-refractivity contribution in [3.63, 3.8) is 0 Å². The molecule has 5 heteroatoms. The second kappa shape index (κ2) is 5.35. The van der Waals surface area contributed by atoms with Gasteiger partial charge >= 0.3 is 0 Å². The third kappa shape index (κ3) is 2.98. The lowest BCUT2D eigenvalue weighted by molar-refractivity contribution is -0.119. The van der Waals surface area contributed by atoms with Gasteiger partial charge in [0.1, 0.15) is 11.6 Å². The fourth-order valence-corrected chi connectivity index (χ4v) is 2.13. The summed E-state index contributed by atoms with van der Waals surface area (Å²) in [5, 5.41) is 15.2. The average molecular weight is 252 g/mol. The largest absolute Gasteiger partial charge is 0.508 e. The molecule has 1 fully saturated rings. The van der Waals surface area contributed by atoms with Crippen LogP contribution in [0.1, 0.15) is 31.4 Å². The Labute approximate surface area is 105 Å². The molecule has 1 amide bonds. The number of amides is 1. The number of rotatable bonds is 4. The molecule has 0 radical (unpaired) electrons. The predicted octanol–water partition coefficient (Wildman–Crippen LogP) is 1.46. The van der Waals surface area contributed by atoms with Gasteiger partial charge in [0, 0.05) is 36.7 Å². The number of carbonyl (C=O) groups excluding carboxylic acids is 1. The summed E-state index contributed by atoms with van der Waals surface area (Å²) in [5.74, 6) is -0.428. The zero-order chi connectivity index (χ0) is 13.1. The first-order valence-corrected chi connectivity index (χ1v) is 6.07. The maximum Gasteiger partial charge on any atom is 0.220 e. The van der Waals surface area contributed by atoms with Crippen LogP contribution in [0.2, 0.25) is 0 Å². The molecule has 0 saturated carbocycles. The number of halogens is 1. The number of hydrogen-bond acceptors (Lipinski definition) is 3. The summed E-state index contributed by atoms with van der Waals surface area (Å²) in [5.41, 5.74) is 0.511. The van der Waals surface area contributed by atoms with E-state index in [0.29, 0.717) is 18.5 Å². The monoisotopic (exact) mass is 252 g/mol. The molecule has 1 saturated heterocycles. The predicted molar refractivity (Wildman–Crippen MR) is 65.6 cm³/mol. The molecule has 98 valence electrons. The van der Waals surface area contributed by atoms with E-state index < -0.39 is 5.82 Å². The minimum absolute atomic E-state index is 0.0743. The average Bonchev–Trinajstić information content (AvgIpc) is 2.72. The number of phenols is 1. The van der Waals surface area contributed by atoms with E-state index in [2.05, 4.69) is 10.6 Å². The number of benzene rings is 1. The molecule has 2 rings (SSSR count). The van der Waals surface area contributed by atoms with Gasteiger partial charge in [-0.3, -0.25) is 4.79 Å². The summed E-state index contributed by atoms with van der Waals surface area (Å²) in [4.78, 5) is 11.0. The highest BCUT2D eigenvalue weighted by atomic mass is 19.1. The fraction of sp³-hybridized carbons (Fsp3) is 0.462. The smallest absolute Gasteiger partial charge is 0.220 e. The van der Waals surface area contributed by atoms with Gasteiger partial charge in [0.2, 0.25) is 5.91 Å². The Morgan fingerprint density at radius 2 is 2.39 bits per heavy atom. The van der Waals surface area contributed by atoms with Crippen LogP contribution in [-0.2, 0) is 4.79 Å². The SMILES string of the molecule is CC(NCC1CCC(=O)N1)c1ccc(O)cc1F. The maximum atomic E-state index is 13.6. The molecule has 1 heterocycles. The van der Waals surface area contributed by atoms with Crippen LogP contribution in [0.3, 0.4) is 0 Å². The Hall–Kier alpha value is -1.62. The van der Waals surface area contributed by atoms with Gasteiger partial charge < -0.3 is 15.7 Å². The Morgan fingerprint density at radius 1 is 1.61 bits per heavy atom. The van der Waals surface area contributed by atoms with Crippen molar-refractivity contribution in [2.45, 2.75) is 31.8 Å². The van der Waals surface area contributed by atoms with E-state index in [1.165, 1.54) is 6.07 Å². The highest BCUT2D eigenvalue weighted by Gasteiger charge is 2.21. The van der Waals surface area contributed by atoms with Crippen molar-refractivity contribution in [3.8, 4) is 5.75 Å². The first-order chi connectivity index (χ1) is 8.56. The van der Waals surface area contributed by atoms with Crippen molar-refractivity contribution in [2.75, 3.05) is 6.54 Å². The van der Waals surface area contributed by atoms with Crippen LogP contribution in [0.4, 0.5) is 4.39 Å². The number of carbonyl (C=O) groups is 1. The van der Waals surface area contributed by atoms with Crippen molar-refractivity contribution in [1.82, 2.24) is 10.6 Å². The highest BCUT2D eigenvalue weighted by Crippen LogP contribution is 2.21. The highest BCUT2D eigenvalue weighted by molar-refractivity contribution is 5.78. The van der Waals surface area contributed by atoms with Crippen molar-refractivity contribution >= 4 is 5.91 Å². The number of aromatic hydroxyl groups is 1. The maximum absolute atomic E-state index is 13.6. The molecule has 1 aliphatic heterocycles. The molecule has 1 aromatic rings. The molecule has 18 heavy (non-hydrogen) atoms. The molecule has 0 aliphatic carbocycles. The minimum atomic E-state index is -0.426. The summed E-state index contributed by atoms with van der Waals surface area (Å²) < 4.78 is 13.6. The van der Waals surface area contributed by atoms with E-state index in [-0.39, 0.29) is 23.7 Å². The Bertz CT molecular complexity index is 451. The Balaban J connectivity index is 1.91. The normalized spacial score (nSPS) is 20.8. The molecule has 0 spiro atoms. The van der Waals surface area contributed by atoms with Gasteiger partial charge in [0.05, 0.1) is 0 Å². The molecular formula is C13H17FN2O2. The van der Waals surface area contributed by atoms with Crippen LogP contribution in [0.5, 0.6) is 5.75 Å². The van der Waals surface area contributed by atoms with Gasteiger partial charge in [-0.1, -0.05) is 6.07 Å². The second-order valence-electron chi connectivity index (χ2n) is 4.64. The summed E-state index contributed by atoms with van der Waals surface area (Å²) in [6.07, 6.45) is 1.38. The lowest BCUT2D eigenvalue weighted by Crippen LogP contribution is -2.36. The van der Waals surface area contributed by atoms with Crippen LogP contribution >= 0.6 is 0 Å². The summed E-state index contributed by atoms with van der Waals surface area (Å²) in [6, 6.07) is 4.09.